The van der Waals surface area contributed by atoms with E-state index in [4.69, 9.17) is 9.47 Å². The van der Waals surface area contributed by atoms with E-state index >= 15 is 0 Å². The van der Waals surface area contributed by atoms with Crippen molar-refractivity contribution in [3.05, 3.63) is 65.9 Å². The molecule has 116 valence electrons. The van der Waals surface area contributed by atoms with Crippen molar-refractivity contribution in [1.82, 2.24) is 4.90 Å². The topological polar surface area (TPSA) is 51.1 Å². The predicted molar refractivity (Wildman–Crippen MR) is 88.4 cm³/mol. The molecule has 1 aliphatic heterocycles. The molecule has 0 unspecified atom stereocenters. The van der Waals surface area contributed by atoms with Crippen LogP contribution >= 0.6 is 0 Å². The number of hydrogen-bond donors (Lipinski definition) is 0. The summed E-state index contributed by atoms with van der Waals surface area (Å²) in [4.78, 5) is 18.0. The number of likely N-dealkylation sites (N-methyl/N-ethyl adjacent to an activating group) is 1. The lowest BCUT2D eigenvalue weighted by atomic mass is 10.2. The zero-order valence-electron chi connectivity index (χ0n) is 12.9. The highest BCUT2D eigenvalue weighted by Gasteiger charge is 2.31. The first-order valence-corrected chi connectivity index (χ1v) is 7.13. The van der Waals surface area contributed by atoms with Gasteiger partial charge in [0.1, 0.15) is 5.75 Å². The molecule has 1 fully saturated rings. The summed E-state index contributed by atoms with van der Waals surface area (Å²) in [6.07, 6.45) is 1.69. The van der Waals surface area contributed by atoms with Crippen LogP contribution < -0.4 is 4.74 Å². The number of rotatable bonds is 3. The van der Waals surface area contributed by atoms with Gasteiger partial charge in [-0.2, -0.15) is 4.99 Å². The minimum absolute atomic E-state index is 0.226. The van der Waals surface area contributed by atoms with E-state index in [-0.39, 0.29) is 17.7 Å². The van der Waals surface area contributed by atoms with E-state index in [1.165, 1.54) is 4.90 Å². The van der Waals surface area contributed by atoms with Crippen LogP contribution in [0.25, 0.3) is 6.08 Å². The quantitative estimate of drug-likeness (QED) is 0.818. The van der Waals surface area contributed by atoms with Crippen molar-refractivity contribution in [2.75, 3.05) is 14.2 Å². The Labute approximate surface area is 134 Å². The number of nitrogens with zero attached hydrogens (tertiary/aromatic N) is 2. The van der Waals surface area contributed by atoms with Crippen LogP contribution in [0.1, 0.15) is 5.56 Å². The minimum atomic E-state index is -0.226. The van der Waals surface area contributed by atoms with Gasteiger partial charge in [-0.1, -0.05) is 30.3 Å². The standard InChI is InChI=1S/C18H16N2O3/c1-20-17(21)16(12-13-8-10-15(22-2)11-9-13)23-18(20)19-14-6-4-3-5-7-14/h3-12H,1-2H3/b16-12+,19-18+. The molecule has 0 radical (unpaired) electrons. The first-order chi connectivity index (χ1) is 11.2. The first kappa shape index (κ1) is 14.8. The second kappa shape index (κ2) is 6.36. The Morgan fingerprint density at radius 1 is 1.09 bits per heavy atom. The van der Waals surface area contributed by atoms with Crippen LogP contribution in [0.2, 0.25) is 0 Å². The van der Waals surface area contributed by atoms with Gasteiger partial charge in [0.2, 0.25) is 0 Å². The summed E-state index contributed by atoms with van der Waals surface area (Å²) in [5, 5.41) is 0. The van der Waals surface area contributed by atoms with Gasteiger partial charge in [0.05, 0.1) is 12.8 Å². The third-order valence-electron chi connectivity index (χ3n) is 3.40. The average Bonchev–Trinajstić information content (AvgIpc) is 2.84. The highest BCUT2D eigenvalue weighted by atomic mass is 16.5. The van der Waals surface area contributed by atoms with Crippen molar-refractivity contribution in [3.8, 4) is 5.75 Å². The third-order valence-corrected chi connectivity index (χ3v) is 3.40. The van der Waals surface area contributed by atoms with Crippen LogP contribution in [0, 0.1) is 0 Å². The van der Waals surface area contributed by atoms with Crippen molar-refractivity contribution in [1.29, 1.82) is 0 Å². The molecular formula is C18H16N2O3. The van der Waals surface area contributed by atoms with Crippen LogP contribution in [0.3, 0.4) is 0 Å². The summed E-state index contributed by atoms with van der Waals surface area (Å²) in [5.41, 5.74) is 1.58. The Bertz CT molecular complexity index is 765. The van der Waals surface area contributed by atoms with E-state index in [0.717, 1.165) is 17.0 Å². The largest absolute Gasteiger partial charge is 0.497 e. The van der Waals surface area contributed by atoms with Crippen LogP contribution in [-0.4, -0.2) is 31.0 Å². The molecular weight excluding hydrogens is 292 g/mol. The summed E-state index contributed by atoms with van der Waals surface area (Å²) in [7, 11) is 3.25. The number of para-hydroxylation sites is 1. The molecule has 2 aromatic rings. The smallest absolute Gasteiger partial charge is 0.305 e. The fraction of sp³-hybridized carbons (Fsp3) is 0.111. The molecule has 0 spiro atoms. The van der Waals surface area contributed by atoms with E-state index < -0.39 is 0 Å². The second-order valence-electron chi connectivity index (χ2n) is 4.98. The summed E-state index contributed by atoms with van der Waals surface area (Å²) < 4.78 is 10.7. The molecule has 0 aliphatic carbocycles. The lowest BCUT2D eigenvalue weighted by Crippen LogP contribution is -2.24. The molecule has 0 N–H and O–H groups in total. The Hall–Kier alpha value is -3.08. The number of methoxy groups -OCH3 is 1. The molecule has 1 heterocycles. The van der Waals surface area contributed by atoms with E-state index in [9.17, 15) is 4.79 Å². The van der Waals surface area contributed by atoms with Gasteiger partial charge in [0, 0.05) is 7.05 Å². The number of carbonyl (C=O) groups is 1. The maximum Gasteiger partial charge on any atom is 0.305 e. The van der Waals surface area contributed by atoms with Gasteiger partial charge in [-0.05, 0) is 35.9 Å². The molecule has 0 bridgehead atoms. The maximum atomic E-state index is 12.3. The molecule has 23 heavy (non-hydrogen) atoms. The van der Waals surface area contributed by atoms with E-state index in [1.807, 2.05) is 54.6 Å². The Kier molecular flexibility index (Phi) is 4.10. The van der Waals surface area contributed by atoms with Crippen molar-refractivity contribution in [2.24, 2.45) is 4.99 Å². The van der Waals surface area contributed by atoms with Gasteiger partial charge in [0.25, 0.3) is 5.91 Å². The second-order valence-corrected chi connectivity index (χ2v) is 4.98. The van der Waals surface area contributed by atoms with Crippen molar-refractivity contribution >= 4 is 23.7 Å². The minimum Gasteiger partial charge on any atom is -0.497 e. The molecule has 0 aromatic heterocycles. The maximum absolute atomic E-state index is 12.3. The number of ether oxygens (including phenoxy) is 2. The number of amides is 1. The number of benzene rings is 2. The Balaban J connectivity index is 1.85. The summed E-state index contributed by atoms with van der Waals surface area (Å²) in [6, 6.07) is 17.0. The molecule has 5 heteroatoms. The fourth-order valence-corrected chi connectivity index (χ4v) is 2.12. The zero-order chi connectivity index (χ0) is 16.2. The number of aliphatic imine (C=N–C) groups is 1. The lowest BCUT2D eigenvalue weighted by Gasteiger charge is -2.04. The van der Waals surface area contributed by atoms with Crippen LogP contribution in [0.5, 0.6) is 5.75 Å². The van der Waals surface area contributed by atoms with Gasteiger partial charge in [0.15, 0.2) is 5.76 Å². The van der Waals surface area contributed by atoms with Crippen LogP contribution in [0.4, 0.5) is 5.69 Å². The van der Waals surface area contributed by atoms with Crippen LogP contribution in [0.15, 0.2) is 65.3 Å². The highest BCUT2D eigenvalue weighted by Crippen LogP contribution is 2.22. The highest BCUT2D eigenvalue weighted by molar-refractivity contribution is 6.11. The van der Waals surface area contributed by atoms with Gasteiger partial charge < -0.3 is 9.47 Å². The number of amidine groups is 1. The summed E-state index contributed by atoms with van der Waals surface area (Å²) in [6.45, 7) is 0. The molecule has 2 aromatic carbocycles. The molecule has 1 amide bonds. The fourth-order valence-electron chi connectivity index (χ4n) is 2.12. The normalized spacial score (nSPS) is 17.7. The molecule has 1 saturated heterocycles. The SMILES string of the molecule is COc1ccc(/C=C2/O/C(=N/c3ccccc3)N(C)C2=O)cc1. The van der Waals surface area contributed by atoms with Gasteiger partial charge >= 0.3 is 6.02 Å². The van der Waals surface area contributed by atoms with Gasteiger partial charge in [-0.3, -0.25) is 9.69 Å². The molecule has 1 aliphatic rings. The molecule has 0 saturated carbocycles. The van der Waals surface area contributed by atoms with E-state index in [2.05, 4.69) is 4.99 Å². The lowest BCUT2D eigenvalue weighted by molar-refractivity contribution is -0.122. The van der Waals surface area contributed by atoms with E-state index in [1.54, 1.807) is 20.2 Å². The summed E-state index contributed by atoms with van der Waals surface area (Å²) in [5.74, 6) is 0.775. The monoisotopic (exact) mass is 308 g/mol. The van der Waals surface area contributed by atoms with Crippen molar-refractivity contribution < 1.29 is 14.3 Å². The zero-order valence-corrected chi connectivity index (χ0v) is 12.9. The Morgan fingerprint density at radius 2 is 1.78 bits per heavy atom. The Morgan fingerprint density at radius 3 is 2.43 bits per heavy atom. The molecule has 5 nitrogen and oxygen atoms in total. The first-order valence-electron chi connectivity index (χ1n) is 7.13. The van der Waals surface area contributed by atoms with E-state index in [0.29, 0.717) is 0 Å². The molecule has 0 atom stereocenters. The number of hydrogen-bond acceptors (Lipinski definition) is 4. The summed E-state index contributed by atoms with van der Waals surface area (Å²) >= 11 is 0. The molecule has 3 rings (SSSR count). The third kappa shape index (κ3) is 3.23. The predicted octanol–water partition coefficient (Wildman–Crippen LogP) is 3.21. The van der Waals surface area contributed by atoms with Crippen molar-refractivity contribution in [3.63, 3.8) is 0 Å². The number of carbonyl (C=O) groups excluding carboxylic acids is 1. The van der Waals surface area contributed by atoms with Gasteiger partial charge in [-0.15, -0.1) is 0 Å². The van der Waals surface area contributed by atoms with Crippen molar-refractivity contribution in [2.45, 2.75) is 0 Å². The average molecular weight is 308 g/mol. The van der Waals surface area contributed by atoms with Gasteiger partial charge in [-0.25, -0.2) is 0 Å². The van der Waals surface area contributed by atoms with Crippen LogP contribution in [-0.2, 0) is 9.53 Å².